The Balaban J connectivity index is 1.51. The highest BCUT2D eigenvalue weighted by Crippen LogP contribution is 2.28. The van der Waals surface area contributed by atoms with Gasteiger partial charge in [0, 0.05) is 30.8 Å². The molecule has 1 aromatic heterocycles. The van der Waals surface area contributed by atoms with Gasteiger partial charge in [-0.05, 0) is 39.7 Å². The third kappa shape index (κ3) is 4.51. The van der Waals surface area contributed by atoms with Crippen LogP contribution in [-0.4, -0.2) is 57.1 Å². The number of hydrogen-bond donors (Lipinski definition) is 2. The quantitative estimate of drug-likeness (QED) is 0.621. The number of likely N-dealkylation sites (N-methyl/N-ethyl adjacent to an activating group) is 1. The van der Waals surface area contributed by atoms with Crippen molar-refractivity contribution < 1.29 is 19.1 Å². The van der Waals surface area contributed by atoms with Gasteiger partial charge >= 0.3 is 0 Å². The Morgan fingerprint density at radius 1 is 1.21 bits per heavy atom. The Morgan fingerprint density at radius 3 is 2.65 bits per heavy atom. The maximum absolute atomic E-state index is 13.3. The third-order valence-electron chi connectivity index (χ3n) is 6.74. The van der Waals surface area contributed by atoms with E-state index in [-0.39, 0.29) is 42.5 Å². The van der Waals surface area contributed by atoms with Crippen LogP contribution < -0.4 is 15.4 Å². The average molecular weight is 468 g/mol. The van der Waals surface area contributed by atoms with E-state index in [1.807, 2.05) is 38.1 Å². The summed E-state index contributed by atoms with van der Waals surface area (Å²) in [5, 5.41) is 10.4. The molecule has 0 radical (unpaired) electrons. The van der Waals surface area contributed by atoms with E-state index in [4.69, 9.17) is 4.74 Å². The minimum Gasteiger partial charge on any atom is -0.494 e. The number of aromatic nitrogens is 2. The van der Waals surface area contributed by atoms with Gasteiger partial charge < -0.3 is 20.3 Å². The van der Waals surface area contributed by atoms with Gasteiger partial charge in [0.1, 0.15) is 17.0 Å². The number of hydrogen-bond acceptors (Lipinski definition) is 5. The molecule has 9 nitrogen and oxygen atoms in total. The summed E-state index contributed by atoms with van der Waals surface area (Å²) in [7, 11) is 0. The largest absolute Gasteiger partial charge is 0.494 e. The molecule has 9 heteroatoms. The van der Waals surface area contributed by atoms with Crippen LogP contribution in [0.3, 0.4) is 0 Å². The number of amides is 3. The van der Waals surface area contributed by atoms with Crippen LogP contribution in [0.4, 0.5) is 0 Å². The summed E-state index contributed by atoms with van der Waals surface area (Å²) in [6.07, 6.45) is 4.14. The van der Waals surface area contributed by atoms with Crippen molar-refractivity contribution in [2.24, 2.45) is 0 Å². The summed E-state index contributed by atoms with van der Waals surface area (Å²) in [5.41, 5.74) is 0.241. The van der Waals surface area contributed by atoms with Gasteiger partial charge in [0.25, 0.3) is 11.8 Å². The first-order chi connectivity index (χ1) is 16.4. The standard InChI is InChI=1S/C25H33N5O4/c1-4-29-23(32)20-14-19(22(31)26-15-17-10-6-9-13-21(17)34-5-2)28-30(20)16-25(29,3)24(33)27-18-11-7-8-12-18/h6,9-10,13-14,18H,4-5,7-8,11-12,15-16H2,1-3H3,(H,26,31)(H,27,33). The molecule has 0 saturated heterocycles. The summed E-state index contributed by atoms with van der Waals surface area (Å²) in [6.45, 7) is 6.91. The van der Waals surface area contributed by atoms with E-state index in [0.29, 0.717) is 24.6 Å². The smallest absolute Gasteiger partial charge is 0.273 e. The van der Waals surface area contributed by atoms with Crippen LogP contribution in [0.1, 0.15) is 73.0 Å². The van der Waals surface area contributed by atoms with Crippen molar-refractivity contribution in [1.29, 1.82) is 0 Å². The number of para-hydroxylation sites is 1. The molecule has 2 N–H and O–H groups in total. The number of rotatable bonds is 8. The second-order valence-corrected chi connectivity index (χ2v) is 9.07. The van der Waals surface area contributed by atoms with Crippen molar-refractivity contribution in [3.05, 3.63) is 47.3 Å². The molecule has 182 valence electrons. The Kier molecular flexibility index (Phi) is 6.90. The van der Waals surface area contributed by atoms with Gasteiger partial charge in [-0.15, -0.1) is 0 Å². The minimum atomic E-state index is -1.07. The van der Waals surface area contributed by atoms with Crippen LogP contribution in [0.25, 0.3) is 0 Å². The lowest BCUT2D eigenvalue weighted by molar-refractivity contribution is -0.133. The summed E-state index contributed by atoms with van der Waals surface area (Å²) in [4.78, 5) is 41.0. The van der Waals surface area contributed by atoms with Crippen molar-refractivity contribution in [1.82, 2.24) is 25.3 Å². The molecule has 3 amide bonds. The van der Waals surface area contributed by atoms with Crippen LogP contribution in [-0.2, 0) is 17.9 Å². The van der Waals surface area contributed by atoms with Gasteiger partial charge in [-0.3, -0.25) is 19.1 Å². The van der Waals surface area contributed by atoms with E-state index in [1.54, 1.807) is 11.8 Å². The van der Waals surface area contributed by atoms with Gasteiger partial charge in [0.05, 0.1) is 13.2 Å². The normalized spacial score (nSPS) is 20.2. The lowest BCUT2D eigenvalue weighted by Gasteiger charge is -2.43. The van der Waals surface area contributed by atoms with Crippen molar-refractivity contribution in [2.45, 2.75) is 71.1 Å². The highest BCUT2D eigenvalue weighted by Gasteiger charge is 2.48. The second-order valence-electron chi connectivity index (χ2n) is 9.07. The topological polar surface area (TPSA) is 106 Å². The number of carbonyl (C=O) groups excluding carboxylic acids is 3. The minimum absolute atomic E-state index is 0.147. The van der Waals surface area contributed by atoms with Gasteiger partial charge in [-0.25, -0.2) is 0 Å². The molecule has 2 heterocycles. The molecule has 1 fully saturated rings. The molecule has 1 aliphatic carbocycles. The molecule has 34 heavy (non-hydrogen) atoms. The van der Waals surface area contributed by atoms with E-state index in [9.17, 15) is 14.4 Å². The van der Waals surface area contributed by atoms with Crippen molar-refractivity contribution in [3.8, 4) is 5.75 Å². The lowest BCUT2D eigenvalue weighted by atomic mass is 9.94. The second kappa shape index (κ2) is 9.87. The SMILES string of the molecule is CCOc1ccccc1CNC(=O)c1cc2n(n1)CC(C)(C(=O)NC1CCCC1)N(CC)C2=O. The monoisotopic (exact) mass is 467 g/mol. The number of fused-ring (bicyclic) bond motifs is 1. The predicted octanol–water partition coefficient (Wildman–Crippen LogP) is 2.51. The maximum Gasteiger partial charge on any atom is 0.273 e. The molecule has 1 unspecified atom stereocenters. The number of benzene rings is 1. The fraction of sp³-hybridized carbons (Fsp3) is 0.520. The Labute approximate surface area is 199 Å². The first kappa shape index (κ1) is 23.8. The molecular weight excluding hydrogens is 434 g/mol. The molecule has 1 atom stereocenters. The van der Waals surface area contributed by atoms with Gasteiger partial charge in [-0.1, -0.05) is 31.0 Å². The fourth-order valence-electron chi connectivity index (χ4n) is 4.87. The molecule has 2 aromatic rings. The molecule has 1 saturated carbocycles. The molecule has 4 rings (SSSR count). The summed E-state index contributed by atoms with van der Waals surface area (Å²) in [6, 6.07) is 9.16. The molecule has 1 aromatic carbocycles. The average Bonchev–Trinajstić information content (AvgIpc) is 3.49. The number of carbonyl (C=O) groups is 3. The highest BCUT2D eigenvalue weighted by atomic mass is 16.5. The van der Waals surface area contributed by atoms with Gasteiger partial charge in [-0.2, -0.15) is 5.10 Å². The molecular formula is C25H33N5O4. The zero-order valence-electron chi connectivity index (χ0n) is 20.1. The van der Waals surface area contributed by atoms with Crippen LogP contribution in [0.5, 0.6) is 5.75 Å². The van der Waals surface area contributed by atoms with Crippen LogP contribution >= 0.6 is 0 Å². The summed E-state index contributed by atoms with van der Waals surface area (Å²) in [5.74, 6) is -0.145. The van der Waals surface area contributed by atoms with E-state index >= 15 is 0 Å². The van der Waals surface area contributed by atoms with Crippen molar-refractivity contribution in [2.75, 3.05) is 13.2 Å². The van der Waals surface area contributed by atoms with Crippen LogP contribution in [0, 0.1) is 0 Å². The molecule has 2 aliphatic rings. The van der Waals surface area contributed by atoms with Gasteiger partial charge in [0.15, 0.2) is 5.69 Å². The molecule has 0 spiro atoms. The molecule has 1 aliphatic heterocycles. The Bertz CT molecular complexity index is 1080. The number of nitrogens with one attached hydrogen (secondary N) is 2. The van der Waals surface area contributed by atoms with Gasteiger partial charge in [0.2, 0.25) is 5.91 Å². The van der Waals surface area contributed by atoms with E-state index < -0.39 is 5.54 Å². The Hall–Kier alpha value is -3.36. The fourth-order valence-corrected chi connectivity index (χ4v) is 4.87. The molecule has 0 bridgehead atoms. The lowest BCUT2D eigenvalue weighted by Crippen LogP contribution is -2.64. The third-order valence-corrected chi connectivity index (χ3v) is 6.74. The zero-order chi connectivity index (χ0) is 24.3. The van der Waals surface area contributed by atoms with E-state index in [1.165, 1.54) is 10.7 Å². The number of ether oxygens (including phenoxy) is 1. The van der Waals surface area contributed by atoms with Crippen LogP contribution in [0.2, 0.25) is 0 Å². The first-order valence-electron chi connectivity index (χ1n) is 12.1. The maximum atomic E-state index is 13.3. The highest BCUT2D eigenvalue weighted by molar-refractivity contribution is 6.01. The Morgan fingerprint density at radius 2 is 1.94 bits per heavy atom. The number of nitrogens with zero attached hydrogens (tertiary/aromatic N) is 3. The van der Waals surface area contributed by atoms with E-state index in [2.05, 4.69) is 15.7 Å². The van der Waals surface area contributed by atoms with Crippen molar-refractivity contribution >= 4 is 17.7 Å². The van der Waals surface area contributed by atoms with Crippen LogP contribution in [0.15, 0.2) is 30.3 Å². The predicted molar refractivity (Wildman–Crippen MR) is 127 cm³/mol. The zero-order valence-corrected chi connectivity index (χ0v) is 20.1. The first-order valence-corrected chi connectivity index (χ1v) is 12.1. The summed E-state index contributed by atoms with van der Waals surface area (Å²) >= 11 is 0. The van der Waals surface area contributed by atoms with Crippen molar-refractivity contribution in [3.63, 3.8) is 0 Å². The summed E-state index contributed by atoms with van der Waals surface area (Å²) < 4.78 is 7.11. The van der Waals surface area contributed by atoms with E-state index in [0.717, 1.165) is 31.2 Å².